The molecule has 0 aliphatic heterocycles. The summed E-state index contributed by atoms with van der Waals surface area (Å²) in [6.45, 7) is 8.21. The SMILES string of the molecule is CO[C@@H]1CC[C@@]2(C)C(CCC3C2CC[C@@]2(C)C3CCC2[C@H](C)CCC(=O)OCCCCCl)C1. The number of hydrogen-bond donors (Lipinski definition) is 0. The smallest absolute Gasteiger partial charge is 0.305 e. The Bertz CT molecular complexity index is 667. The van der Waals surface area contributed by atoms with Gasteiger partial charge in [0.2, 0.25) is 0 Å². The van der Waals surface area contributed by atoms with Crippen LogP contribution in [0.4, 0.5) is 0 Å². The molecule has 0 spiro atoms. The Hall–Kier alpha value is -0.280. The molecule has 0 aromatic carbocycles. The van der Waals surface area contributed by atoms with Gasteiger partial charge in [-0.25, -0.2) is 0 Å². The highest BCUT2D eigenvalue weighted by molar-refractivity contribution is 6.17. The molecular weight excluding hydrogens is 432 g/mol. The van der Waals surface area contributed by atoms with E-state index in [9.17, 15) is 4.79 Å². The van der Waals surface area contributed by atoms with E-state index in [2.05, 4.69) is 20.8 Å². The highest BCUT2D eigenvalue weighted by Gasteiger charge is 2.60. The third-order valence-electron chi connectivity index (χ3n) is 11.3. The van der Waals surface area contributed by atoms with Gasteiger partial charge in [-0.3, -0.25) is 4.79 Å². The van der Waals surface area contributed by atoms with Crippen molar-refractivity contribution < 1.29 is 14.3 Å². The molecule has 4 heteroatoms. The molecule has 4 aliphatic carbocycles. The predicted molar refractivity (Wildman–Crippen MR) is 135 cm³/mol. The van der Waals surface area contributed by atoms with E-state index < -0.39 is 0 Å². The fourth-order valence-corrected chi connectivity index (χ4v) is 9.60. The van der Waals surface area contributed by atoms with Crippen molar-refractivity contribution in [2.24, 2.45) is 46.3 Å². The standard InChI is InChI=1S/C29H49ClO3/c1-20(7-12-27(31)33-18-6-5-17-30)24-10-11-25-23-9-8-21-19-22(32-4)13-15-28(21,2)26(23)14-16-29(24,25)3/h20-26H,5-19H2,1-4H3/t20-,21?,22-,23?,24?,25?,26?,28+,29-/m1/s1. The fraction of sp³-hybridized carbons (Fsp3) is 0.966. The molecule has 0 radical (unpaired) electrons. The maximum atomic E-state index is 12.2. The summed E-state index contributed by atoms with van der Waals surface area (Å²) in [5, 5.41) is 0. The summed E-state index contributed by atoms with van der Waals surface area (Å²) < 4.78 is 11.2. The first-order chi connectivity index (χ1) is 15.8. The first-order valence-electron chi connectivity index (χ1n) is 14.1. The molecule has 0 N–H and O–H groups in total. The van der Waals surface area contributed by atoms with Crippen LogP contribution in [0.3, 0.4) is 0 Å². The van der Waals surface area contributed by atoms with Gasteiger partial charge < -0.3 is 9.47 Å². The van der Waals surface area contributed by atoms with Crippen molar-refractivity contribution in [3.63, 3.8) is 0 Å². The molecule has 4 fully saturated rings. The predicted octanol–water partition coefficient (Wildman–Crippen LogP) is 7.64. The van der Waals surface area contributed by atoms with Crippen LogP contribution in [-0.4, -0.2) is 31.7 Å². The van der Waals surface area contributed by atoms with Crippen LogP contribution >= 0.6 is 11.6 Å². The maximum absolute atomic E-state index is 12.2. The summed E-state index contributed by atoms with van der Waals surface area (Å²) in [7, 11) is 1.91. The topological polar surface area (TPSA) is 35.5 Å². The van der Waals surface area contributed by atoms with Crippen LogP contribution in [0.5, 0.6) is 0 Å². The third-order valence-corrected chi connectivity index (χ3v) is 11.6. The maximum Gasteiger partial charge on any atom is 0.305 e. The van der Waals surface area contributed by atoms with Crippen LogP contribution < -0.4 is 0 Å². The lowest BCUT2D eigenvalue weighted by molar-refractivity contribution is -0.144. The van der Waals surface area contributed by atoms with Gasteiger partial charge in [-0.2, -0.15) is 0 Å². The van der Waals surface area contributed by atoms with E-state index in [4.69, 9.17) is 21.1 Å². The quantitative estimate of drug-likeness (QED) is 0.193. The molecule has 190 valence electrons. The highest BCUT2D eigenvalue weighted by atomic mass is 35.5. The number of hydrogen-bond acceptors (Lipinski definition) is 3. The van der Waals surface area contributed by atoms with Gasteiger partial charge in [0.1, 0.15) is 0 Å². The molecule has 4 rings (SSSR count). The summed E-state index contributed by atoms with van der Waals surface area (Å²) in [6.07, 6.45) is 16.2. The molecule has 0 heterocycles. The zero-order chi connectivity index (χ0) is 23.6. The van der Waals surface area contributed by atoms with Crippen LogP contribution in [0.2, 0.25) is 0 Å². The van der Waals surface area contributed by atoms with Gasteiger partial charge in [0, 0.05) is 19.4 Å². The molecule has 0 aromatic rings. The molecule has 5 unspecified atom stereocenters. The summed E-state index contributed by atoms with van der Waals surface area (Å²) in [4.78, 5) is 12.2. The Balaban J connectivity index is 1.35. The summed E-state index contributed by atoms with van der Waals surface area (Å²) in [5.74, 6) is 5.61. The molecule has 0 amide bonds. The number of ether oxygens (including phenoxy) is 2. The largest absolute Gasteiger partial charge is 0.466 e. The van der Waals surface area contributed by atoms with Gasteiger partial charge in [0.15, 0.2) is 0 Å². The van der Waals surface area contributed by atoms with Crippen molar-refractivity contribution in [3.05, 3.63) is 0 Å². The first kappa shape index (κ1) is 25.8. The molecule has 0 bridgehead atoms. The zero-order valence-corrected chi connectivity index (χ0v) is 22.5. The number of esters is 1. The number of alkyl halides is 1. The average molecular weight is 481 g/mol. The van der Waals surface area contributed by atoms with E-state index in [-0.39, 0.29) is 5.97 Å². The number of carbonyl (C=O) groups is 1. The van der Waals surface area contributed by atoms with Gasteiger partial charge in [-0.05, 0) is 123 Å². The minimum absolute atomic E-state index is 0.0160. The summed E-state index contributed by atoms with van der Waals surface area (Å²) in [6, 6.07) is 0. The van der Waals surface area contributed by atoms with E-state index in [0.29, 0.717) is 41.8 Å². The van der Waals surface area contributed by atoms with Crippen LogP contribution in [0.15, 0.2) is 0 Å². The van der Waals surface area contributed by atoms with Gasteiger partial charge in [-0.15, -0.1) is 11.6 Å². The number of carbonyl (C=O) groups excluding carboxylic acids is 1. The van der Waals surface area contributed by atoms with Crippen molar-refractivity contribution in [3.8, 4) is 0 Å². The number of fused-ring (bicyclic) bond motifs is 5. The molecule has 4 aliphatic rings. The molecule has 33 heavy (non-hydrogen) atoms. The second kappa shape index (κ2) is 10.8. The van der Waals surface area contributed by atoms with E-state index in [1.54, 1.807) is 0 Å². The molecular formula is C29H49ClO3. The normalized spacial score (nSPS) is 43.3. The fourth-order valence-electron chi connectivity index (χ4n) is 9.41. The van der Waals surface area contributed by atoms with Crippen LogP contribution in [-0.2, 0) is 14.3 Å². The van der Waals surface area contributed by atoms with Crippen LogP contribution in [0, 0.1) is 46.3 Å². The van der Waals surface area contributed by atoms with Crippen molar-refractivity contribution in [2.45, 2.75) is 110 Å². The summed E-state index contributed by atoms with van der Waals surface area (Å²) >= 11 is 5.71. The van der Waals surface area contributed by atoms with Crippen LogP contribution in [0.1, 0.15) is 104 Å². The van der Waals surface area contributed by atoms with Crippen molar-refractivity contribution in [1.82, 2.24) is 0 Å². The molecule has 0 saturated heterocycles. The Kier molecular flexibility index (Phi) is 8.42. The van der Waals surface area contributed by atoms with E-state index in [1.807, 2.05) is 7.11 Å². The number of unbranched alkanes of at least 4 members (excludes halogenated alkanes) is 1. The summed E-state index contributed by atoms with van der Waals surface area (Å²) in [5.41, 5.74) is 1.01. The first-order valence-corrected chi connectivity index (χ1v) is 14.6. The average Bonchev–Trinajstić information content (AvgIpc) is 3.17. The minimum atomic E-state index is -0.0160. The lowest BCUT2D eigenvalue weighted by Crippen LogP contribution is -2.54. The Morgan fingerprint density at radius 3 is 2.52 bits per heavy atom. The van der Waals surface area contributed by atoms with E-state index in [1.165, 1.54) is 57.8 Å². The lowest BCUT2D eigenvalue weighted by Gasteiger charge is -2.61. The number of methoxy groups -OCH3 is 1. The van der Waals surface area contributed by atoms with Gasteiger partial charge in [0.05, 0.1) is 12.7 Å². The molecule has 9 atom stereocenters. The van der Waals surface area contributed by atoms with Crippen LogP contribution in [0.25, 0.3) is 0 Å². The van der Waals surface area contributed by atoms with Crippen molar-refractivity contribution >= 4 is 17.6 Å². The van der Waals surface area contributed by atoms with E-state index >= 15 is 0 Å². The number of halogens is 1. The van der Waals surface area contributed by atoms with Crippen molar-refractivity contribution in [1.29, 1.82) is 0 Å². The third kappa shape index (κ3) is 5.02. The molecule has 4 saturated carbocycles. The Morgan fingerprint density at radius 1 is 1.00 bits per heavy atom. The zero-order valence-electron chi connectivity index (χ0n) is 21.8. The molecule has 3 nitrogen and oxygen atoms in total. The van der Waals surface area contributed by atoms with Gasteiger partial charge in [-0.1, -0.05) is 20.8 Å². The van der Waals surface area contributed by atoms with Gasteiger partial charge >= 0.3 is 5.97 Å². The minimum Gasteiger partial charge on any atom is -0.466 e. The second-order valence-corrected chi connectivity index (χ2v) is 13.0. The Labute approximate surface area is 208 Å². The van der Waals surface area contributed by atoms with Gasteiger partial charge in [0.25, 0.3) is 0 Å². The van der Waals surface area contributed by atoms with E-state index in [0.717, 1.165) is 48.9 Å². The monoisotopic (exact) mass is 480 g/mol. The lowest BCUT2D eigenvalue weighted by atomic mass is 9.44. The Morgan fingerprint density at radius 2 is 1.76 bits per heavy atom. The molecule has 0 aromatic heterocycles. The highest BCUT2D eigenvalue weighted by Crippen LogP contribution is 2.68. The second-order valence-electron chi connectivity index (χ2n) is 12.6. The van der Waals surface area contributed by atoms with Crippen molar-refractivity contribution in [2.75, 3.05) is 19.6 Å². The number of rotatable bonds is 9.